The minimum Gasteiger partial charge on any atom is -0.272 e. The molecule has 0 bridgehead atoms. The SMILES string of the molecule is Cc1ccnc(N2N=C(C(C)C)CC2=O)c1. The van der Waals surface area contributed by atoms with Gasteiger partial charge in [-0.1, -0.05) is 13.8 Å². The second kappa shape index (κ2) is 4.04. The molecule has 0 spiro atoms. The number of amides is 1. The highest BCUT2D eigenvalue weighted by molar-refractivity contribution is 6.13. The summed E-state index contributed by atoms with van der Waals surface area (Å²) in [5, 5.41) is 5.72. The molecule has 4 nitrogen and oxygen atoms in total. The zero-order valence-electron chi connectivity index (χ0n) is 9.77. The predicted molar refractivity (Wildman–Crippen MR) is 63.4 cm³/mol. The largest absolute Gasteiger partial charge is 0.272 e. The van der Waals surface area contributed by atoms with Crippen LogP contribution >= 0.6 is 0 Å². The number of hydrogen-bond donors (Lipinski definition) is 0. The van der Waals surface area contributed by atoms with Crippen LogP contribution in [0.25, 0.3) is 0 Å². The van der Waals surface area contributed by atoms with Gasteiger partial charge in [0.2, 0.25) is 0 Å². The Bertz CT molecular complexity index is 451. The maximum absolute atomic E-state index is 11.8. The minimum absolute atomic E-state index is 0.00167. The van der Waals surface area contributed by atoms with E-state index in [2.05, 4.69) is 10.1 Å². The number of hydrazone groups is 1. The van der Waals surface area contributed by atoms with E-state index in [0.717, 1.165) is 11.3 Å². The predicted octanol–water partition coefficient (Wildman–Crippen LogP) is 2.14. The van der Waals surface area contributed by atoms with E-state index in [0.29, 0.717) is 18.2 Å². The van der Waals surface area contributed by atoms with Gasteiger partial charge >= 0.3 is 0 Å². The first-order chi connectivity index (χ1) is 7.58. The zero-order valence-corrected chi connectivity index (χ0v) is 9.77. The number of nitrogens with zero attached hydrogens (tertiary/aromatic N) is 3. The van der Waals surface area contributed by atoms with E-state index >= 15 is 0 Å². The van der Waals surface area contributed by atoms with E-state index in [1.165, 1.54) is 5.01 Å². The van der Waals surface area contributed by atoms with Gasteiger partial charge in [0.05, 0.1) is 12.1 Å². The van der Waals surface area contributed by atoms with Gasteiger partial charge in [-0.25, -0.2) is 4.98 Å². The second-order valence-corrected chi connectivity index (χ2v) is 4.32. The van der Waals surface area contributed by atoms with Gasteiger partial charge in [0.15, 0.2) is 5.82 Å². The highest BCUT2D eigenvalue weighted by Gasteiger charge is 2.27. The molecule has 0 unspecified atom stereocenters. The van der Waals surface area contributed by atoms with E-state index in [4.69, 9.17) is 0 Å². The summed E-state index contributed by atoms with van der Waals surface area (Å²) < 4.78 is 0. The molecule has 0 saturated carbocycles. The van der Waals surface area contributed by atoms with Gasteiger partial charge in [-0.2, -0.15) is 10.1 Å². The van der Waals surface area contributed by atoms with Crippen molar-refractivity contribution in [3.63, 3.8) is 0 Å². The summed E-state index contributed by atoms with van der Waals surface area (Å²) in [7, 11) is 0. The van der Waals surface area contributed by atoms with Gasteiger partial charge in [-0.3, -0.25) is 4.79 Å². The lowest BCUT2D eigenvalue weighted by Crippen LogP contribution is -2.20. The molecule has 16 heavy (non-hydrogen) atoms. The van der Waals surface area contributed by atoms with Crippen molar-refractivity contribution in [2.45, 2.75) is 27.2 Å². The molecule has 0 aromatic carbocycles. The fourth-order valence-electron chi connectivity index (χ4n) is 1.58. The Labute approximate surface area is 95.0 Å². The van der Waals surface area contributed by atoms with Gasteiger partial charge < -0.3 is 0 Å². The first-order valence-electron chi connectivity index (χ1n) is 5.41. The number of carbonyl (C=O) groups excluding carboxylic acids is 1. The van der Waals surface area contributed by atoms with Gasteiger partial charge in [-0.05, 0) is 30.5 Å². The van der Waals surface area contributed by atoms with Crippen molar-refractivity contribution in [3.05, 3.63) is 23.9 Å². The van der Waals surface area contributed by atoms with Crippen LogP contribution in [0.2, 0.25) is 0 Å². The van der Waals surface area contributed by atoms with E-state index in [1.807, 2.05) is 32.9 Å². The molecule has 0 N–H and O–H groups in total. The normalized spacial score (nSPS) is 15.9. The number of pyridine rings is 1. The quantitative estimate of drug-likeness (QED) is 0.761. The Hall–Kier alpha value is -1.71. The Morgan fingerprint density at radius 1 is 1.44 bits per heavy atom. The zero-order chi connectivity index (χ0) is 11.7. The monoisotopic (exact) mass is 217 g/mol. The van der Waals surface area contributed by atoms with Crippen LogP contribution in [-0.4, -0.2) is 16.6 Å². The first-order valence-corrected chi connectivity index (χ1v) is 5.41. The third-order valence-corrected chi connectivity index (χ3v) is 2.58. The molecule has 0 radical (unpaired) electrons. The third kappa shape index (κ3) is 1.96. The Balaban J connectivity index is 2.31. The van der Waals surface area contributed by atoms with Crippen molar-refractivity contribution < 1.29 is 4.79 Å². The molecule has 1 aliphatic heterocycles. The Morgan fingerprint density at radius 3 is 2.75 bits per heavy atom. The average molecular weight is 217 g/mol. The molecule has 4 heteroatoms. The average Bonchev–Trinajstić information content (AvgIpc) is 2.60. The van der Waals surface area contributed by atoms with Crippen molar-refractivity contribution in [1.82, 2.24) is 4.98 Å². The molecular weight excluding hydrogens is 202 g/mol. The number of anilines is 1. The highest BCUT2D eigenvalue weighted by Crippen LogP contribution is 2.21. The summed E-state index contributed by atoms with van der Waals surface area (Å²) >= 11 is 0. The molecule has 0 saturated heterocycles. The highest BCUT2D eigenvalue weighted by atomic mass is 16.2. The number of aromatic nitrogens is 1. The van der Waals surface area contributed by atoms with Crippen molar-refractivity contribution >= 4 is 17.4 Å². The molecule has 1 amide bonds. The summed E-state index contributed by atoms with van der Waals surface area (Å²) in [6, 6.07) is 3.77. The van der Waals surface area contributed by atoms with Gasteiger partial charge in [-0.15, -0.1) is 0 Å². The van der Waals surface area contributed by atoms with Crippen molar-refractivity contribution in [1.29, 1.82) is 0 Å². The Kier molecular flexibility index (Phi) is 2.73. The molecule has 84 valence electrons. The van der Waals surface area contributed by atoms with E-state index in [9.17, 15) is 4.79 Å². The molecule has 1 aliphatic rings. The molecule has 2 rings (SSSR count). The smallest absolute Gasteiger partial charge is 0.254 e. The second-order valence-electron chi connectivity index (χ2n) is 4.32. The molecule has 0 atom stereocenters. The lowest BCUT2D eigenvalue weighted by molar-refractivity contribution is -0.117. The van der Waals surface area contributed by atoms with E-state index < -0.39 is 0 Å². The molecular formula is C12H15N3O. The molecule has 0 fully saturated rings. The van der Waals surface area contributed by atoms with Crippen LogP contribution in [0.3, 0.4) is 0 Å². The minimum atomic E-state index is 0.00167. The fourth-order valence-corrected chi connectivity index (χ4v) is 1.58. The van der Waals surface area contributed by atoms with Gasteiger partial charge in [0, 0.05) is 6.20 Å². The van der Waals surface area contributed by atoms with Crippen LogP contribution in [0.15, 0.2) is 23.4 Å². The van der Waals surface area contributed by atoms with E-state index in [1.54, 1.807) is 6.20 Å². The number of carbonyl (C=O) groups is 1. The summed E-state index contributed by atoms with van der Waals surface area (Å²) in [6.45, 7) is 6.05. The maximum atomic E-state index is 11.8. The fraction of sp³-hybridized carbons (Fsp3) is 0.417. The summed E-state index contributed by atoms with van der Waals surface area (Å²) in [6.07, 6.45) is 2.11. The van der Waals surface area contributed by atoms with Crippen molar-refractivity contribution in [2.24, 2.45) is 11.0 Å². The molecule has 1 aromatic heterocycles. The van der Waals surface area contributed by atoms with Crippen molar-refractivity contribution in [3.8, 4) is 0 Å². The van der Waals surface area contributed by atoms with Crippen LogP contribution in [0.4, 0.5) is 5.82 Å². The van der Waals surface area contributed by atoms with Crippen molar-refractivity contribution in [2.75, 3.05) is 5.01 Å². The molecule has 0 aliphatic carbocycles. The summed E-state index contributed by atoms with van der Waals surface area (Å²) in [5.41, 5.74) is 2.00. The molecule has 2 heterocycles. The maximum Gasteiger partial charge on any atom is 0.254 e. The Morgan fingerprint density at radius 2 is 2.19 bits per heavy atom. The third-order valence-electron chi connectivity index (χ3n) is 2.58. The van der Waals surface area contributed by atoms with Gasteiger partial charge in [0.1, 0.15) is 0 Å². The number of aryl methyl sites for hydroxylation is 1. The van der Waals surface area contributed by atoms with Crippen LogP contribution in [0.1, 0.15) is 25.8 Å². The topological polar surface area (TPSA) is 45.6 Å². The lowest BCUT2D eigenvalue weighted by Gasteiger charge is -2.10. The summed E-state index contributed by atoms with van der Waals surface area (Å²) in [4.78, 5) is 15.9. The number of hydrogen-bond acceptors (Lipinski definition) is 3. The van der Waals surface area contributed by atoms with Crippen LogP contribution in [-0.2, 0) is 4.79 Å². The number of rotatable bonds is 2. The van der Waals surface area contributed by atoms with Gasteiger partial charge in [0.25, 0.3) is 5.91 Å². The summed E-state index contributed by atoms with van der Waals surface area (Å²) in [5.74, 6) is 0.918. The van der Waals surface area contributed by atoms with Crippen LogP contribution in [0.5, 0.6) is 0 Å². The first kappa shape index (κ1) is 10.8. The van der Waals surface area contributed by atoms with Crippen LogP contribution in [0, 0.1) is 12.8 Å². The van der Waals surface area contributed by atoms with Crippen LogP contribution < -0.4 is 5.01 Å². The standard InChI is InChI=1S/C12H15N3O/c1-8(2)10-7-12(16)15(14-10)11-6-9(3)4-5-13-11/h4-6,8H,7H2,1-3H3. The lowest BCUT2D eigenvalue weighted by atomic mass is 10.1. The molecule has 1 aromatic rings. The van der Waals surface area contributed by atoms with E-state index in [-0.39, 0.29) is 5.91 Å².